The number of carbonyl (C=O) groups excluding carboxylic acids is 1. The summed E-state index contributed by atoms with van der Waals surface area (Å²) in [5.41, 5.74) is 5.84. The minimum absolute atomic E-state index is 0.0315. The highest BCUT2D eigenvalue weighted by atomic mass is 32.1. The number of hydrogen-bond donors (Lipinski definition) is 1. The van der Waals surface area contributed by atoms with E-state index in [4.69, 9.17) is 0 Å². The average molecular weight is 330 g/mol. The summed E-state index contributed by atoms with van der Waals surface area (Å²) in [4.78, 5) is 18.7. The van der Waals surface area contributed by atoms with E-state index in [1.54, 1.807) is 13.1 Å². The van der Waals surface area contributed by atoms with E-state index in [1.807, 2.05) is 19.1 Å². The van der Waals surface area contributed by atoms with Gasteiger partial charge in [-0.15, -0.1) is 0 Å². The smallest absolute Gasteiger partial charge is 0.204 e. The fourth-order valence-corrected chi connectivity index (χ4v) is 3.10. The topological polar surface area (TPSA) is 57.6 Å². The van der Waals surface area contributed by atoms with E-state index in [1.165, 1.54) is 17.0 Å². The van der Waals surface area contributed by atoms with Gasteiger partial charge in [0.2, 0.25) is 5.13 Å². The molecule has 5 nitrogen and oxygen atoms in total. The SMILES string of the molecule is CCN(CC)c1ccc(/C=N\Nc2nc(C)c(C(C)=O)s2)cc1. The minimum Gasteiger partial charge on any atom is -0.372 e. The van der Waals surface area contributed by atoms with Gasteiger partial charge in [0.25, 0.3) is 0 Å². The number of hydrazone groups is 1. The van der Waals surface area contributed by atoms with Crippen molar-refractivity contribution in [2.75, 3.05) is 23.4 Å². The van der Waals surface area contributed by atoms with Crippen molar-refractivity contribution in [2.24, 2.45) is 5.10 Å². The molecule has 0 atom stereocenters. The van der Waals surface area contributed by atoms with Crippen molar-refractivity contribution in [3.63, 3.8) is 0 Å². The van der Waals surface area contributed by atoms with Crippen LogP contribution in [0.15, 0.2) is 29.4 Å². The first-order chi connectivity index (χ1) is 11.0. The molecule has 6 heteroatoms. The van der Waals surface area contributed by atoms with Gasteiger partial charge in [-0.05, 0) is 38.5 Å². The van der Waals surface area contributed by atoms with Crippen molar-refractivity contribution in [3.8, 4) is 0 Å². The largest absolute Gasteiger partial charge is 0.372 e. The van der Waals surface area contributed by atoms with Crippen molar-refractivity contribution in [1.82, 2.24) is 4.98 Å². The molecule has 2 rings (SSSR count). The van der Waals surface area contributed by atoms with Gasteiger partial charge in [0.1, 0.15) is 0 Å². The molecule has 0 bridgehead atoms. The number of aromatic nitrogens is 1. The lowest BCUT2D eigenvalue weighted by atomic mass is 10.2. The Labute approximate surface area is 141 Å². The van der Waals surface area contributed by atoms with Crippen LogP contribution in [0.5, 0.6) is 0 Å². The lowest BCUT2D eigenvalue weighted by Gasteiger charge is -2.20. The molecule has 1 aromatic heterocycles. The van der Waals surface area contributed by atoms with E-state index in [9.17, 15) is 4.79 Å². The summed E-state index contributed by atoms with van der Waals surface area (Å²) < 4.78 is 0. The Morgan fingerprint density at radius 2 is 1.96 bits per heavy atom. The van der Waals surface area contributed by atoms with Crippen molar-refractivity contribution in [1.29, 1.82) is 0 Å². The van der Waals surface area contributed by atoms with Gasteiger partial charge in [-0.2, -0.15) is 5.10 Å². The highest BCUT2D eigenvalue weighted by Gasteiger charge is 2.10. The molecular weight excluding hydrogens is 308 g/mol. The maximum Gasteiger partial charge on any atom is 0.204 e. The summed E-state index contributed by atoms with van der Waals surface area (Å²) in [6.45, 7) is 9.65. The molecule has 1 N–H and O–H groups in total. The van der Waals surface area contributed by atoms with Crippen LogP contribution in [0.4, 0.5) is 10.8 Å². The molecule has 0 aliphatic rings. The lowest BCUT2D eigenvalue weighted by molar-refractivity contribution is 0.102. The summed E-state index contributed by atoms with van der Waals surface area (Å²) in [6.07, 6.45) is 1.75. The normalized spacial score (nSPS) is 11.0. The fourth-order valence-electron chi connectivity index (χ4n) is 2.29. The fraction of sp³-hybridized carbons (Fsp3) is 0.353. The lowest BCUT2D eigenvalue weighted by Crippen LogP contribution is -2.21. The van der Waals surface area contributed by atoms with E-state index in [-0.39, 0.29) is 5.78 Å². The first-order valence-corrected chi connectivity index (χ1v) is 8.49. The van der Waals surface area contributed by atoms with Gasteiger partial charge < -0.3 is 4.90 Å². The number of anilines is 2. The quantitative estimate of drug-likeness (QED) is 0.474. The van der Waals surface area contributed by atoms with Crippen molar-refractivity contribution >= 4 is 34.2 Å². The summed E-state index contributed by atoms with van der Waals surface area (Å²) in [5, 5.41) is 4.82. The van der Waals surface area contributed by atoms with E-state index in [0.717, 1.165) is 24.3 Å². The van der Waals surface area contributed by atoms with Gasteiger partial charge in [0.15, 0.2) is 5.78 Å². The molecule has 0 saturated carbocycles. The minimum atomic E-state index is 0.0315. The third-order valence-corrected chi connectivity index (χ3v) is 4.67. The van der Waals surface area contributed by atoms with Crippen LogP contribution in [0.25, 0.3) is 0 Å². The number of benzene rings is 1. The molecule has 0 aliphatic carbocycles. The third kappa shape index (κ3) is 4.39. The molecule has 0 saturated heterocycles. The van der Waals surface area contributed by atoms with Crippen molar-refractivity contribution in [2.45, 2.75) is 27.7 Å². The Kier molecular flexibility index (Phi) is 5.87. The van der Waals surface area contributed by atoms with E-state index >= 15 is 0 Å². The number of Topliss-reactive ketones (excluding diaryl/α,β-unsaturated/α-hetero) is 1. The molecule has 2 aromatic rings. The van der Waals surface area contributed by atoms with Gasteiger partial charge in [0, 0.05) is 25.7 Å². The molecule has 0 amide bonds. The Hall–Kier alpha value is -2.21. The Balaban J connectivity index is 2.00. The molecule has 122 valence electrons. The molecule has 0 spiro atoms. The number of rotatable bonds is 7. The molecule has 1 heterocycles. The number of carbonyl (C=O) groups is 1. The number of hydrogen-bond acceptors (Lipinski definition) is 6. The molecule has 0 aliphatic heterocycles. The van der Waals surface area contributed by atoms with Crippen molar-refractivity contribution in [3.05, 3.63) is 40.4 Å². The highest BCUT2D eigenvalue weighted by Crippen LogP contribution is 2.22. The first kappa shape index (κ1) is 17.1. The maximum absolute atomic E-state index is 11.4. The van der Waals surface area contributed by atoms with Crippen LogP contribution < -0.4 is 10.3 Å². The van der Waals surface area contributed by atoms with Crippen LogP contribution >= 0.6 is 11.3 Å². The Bertz CT molecular complexity index is 687. The Morgan fingerprint density at radius 1 is 1.30 bits per heavy atom. The Morgan fingerprint density at radius 3 is 2.48 bits per heavy atom. The van der Waals surface area contributed by atoms with Crippen LogP contribution in [0.2, 0.25) is 0 Å². The van der Waals surface area contributed by atoms with Crippen LogP contribution in [0.1, 0.15) is 41.7 Å². The second-order valence-electron chi connectivity index (χ2n) is 5.12. The monoisotopic (exact) mass is 330 g/mol. The maximum atomic E-state index is 11.4. The zero-order valence-electron chi connectivity index (χ0n) is 14.0. The van der Waals surface area contributed by atoms with Gasteiger partial charge in [-0.25, -0.2) is 4.98 Å². The molecular formula is C17H22N4OS. The first-order valence-electron chi connectivity index (χ1n) is 7.67. The average Bonchev–Trinajstić information content (AvgIpc) is 2.91. The van der Waals surface area contributed by atoms with E-state index < -0.39 is 0 Å². The zero-order chi connectivity index (χ0) is 16.8. The number of aryl methyl sites for hydroxylation is 1. The molecule has 23 heavy (non-hydrogen) atoms. The molecule has 0 unspecified atom stereocenters. The second kappa shape index (κ2) is 7.87. The standard InChI is InChI=1S/C17H22N4OS/c1-5-21(6-2)15-9-7-14(8-10-15)11-18-20-17-19-12(3)16(23-17)13(4)22/h7-11H,5-6H2,1-4H3,(H,19,20)/b18-11-. The van der Waals surface area contributed by atoms with E-state index in [0.29, 0.717) is 10.0 Å². The van der Waals surface area contributed by atoms with Crippen LogP contribution in [-0.2, 0) is 0 Å². The van der Waals surface area contributed by atoms with Gasteiger partial charge in [0.05, 0.1) is 16.8 Å². The molecule has 0 fully saturated rings. The van der Waals surface area contributed by atoms with Crippen LogP contribution in [0, 0.1) is 6.92 Å². The predicted octanol–water partition coefficient (Wildman–Crippen LogP) is 3.95. The summed E-state index contributed by atoms with van der Waals surface area (Å²) in [6, 6.07) is 8.26. The second-order valence-corrected chi connectivity index (χ2v) is 6.12. The third-order valence-electron chi connectivity index (χ3n) is 3.51. The number of thiazole rings is 1. The summed E-state index contributed by atoms with van der Waals surface area (Å²) >= 11 is 1.32. The van der Waals surface area contributed by atoms with Crippen LogP contribution in [-0.4, -0.2) is 30.1 Å². The molecule has 0 radical (unpaired) electrons. The number of nitrogens with zero attached hydrogens (tertiary/aromatic N) is 3. The number of ketones is 1. The summed E-state index contributed by atoms with van der Waals surface area (Å²) in [5.74, 6) is 0.0315. The van der Waals surface area contributed by atoms with E-state index in [2.05, 4.69) is 46.4 Å². The summed E-state index contributed by atoms with van der Waals surface area (Å²) in [7, 11) is 0. The highest BCUT2D eigenvalue weighted by molar-refractivity contribution is 7.17. The van der Waals surface area contributed by atoms with Gasteiger partial charge in [-0.1, -0.05) is 23.5 Å². The van der Waals surface area contributed by atoms with Crippen LogP contribution in [0.3, 0.4) is 0 Å². The number of nitrogens with one attached hydrogen (secondary N) is 1. The zero-order valence-corrected chi connectivity index (χ0v) is 14.8. The predicted molar refractivity (Wildman–Crippen MR) is 98.1 cm³/mol. The van der Waals surface area contributed by atoms with Crippen molar-refractivity contribution < 1.29 is 4.79 Å². The van der Waals surface area contributed by atoms with Gasteiger partial charge >= 0.3 is 0 Å². The molecule has 1 aromatic carbocycles. The van der Waals surface area contributed by atoms with Gasteiger partial charge in [-0.3, -0.25) is 10.2 Å².